The molecule has 0 bridgehead atoms. The van der Waals surface area contributed by atoms with Crippen molar-refractivity contribution in [1.82, 2.24) is 9.88 Å². The maximum Gasteiger partial charge on any atom is 0.124 e. The summed E-state index contributed by atoms with van der Waals surface area (Å²) in [6.45, 7) is 1.48. The van der Waals surface area contributed by atoms with Crippen LogP contribution in [-0.4, -0.2) is 16.9 Å². The Bertz CT molecular complexity index is 516. The fourth-order valence-electron chi connectivity index (χ4n) is 1.80. The molecule has 1 aromatic heterocycles. The number of hydrogen-bond donors (Lipinski definition) is 0. The van der Waals surface area contributed by atoms with E-state index in [1.165, 1.54) is 17.7 Å². The Morgan fingerprint density at radius 3 is 2.56 bits per heavy atom. The third-order valence-electron chi connectivity index (χ3n) is 2.66. The fourth-order valence-corrected chi connectivity index (χ4v) is 2.02. The van der Waals surface area contributed by atoms with Gasteiger partial charge < -0.3 is 0 Å². The van der Waals surface area contributed by atoms with Crippen molar-refractivity contribution in [2.45, 2.75) is 13.1 Å². The van der Waals surface area contributed by atoms with Gasteiger partial charge in [-0.25, -0.2) is 4.39 Å². The fraction of sp³-hybridized carbons (Fsp3) is 0.214. The van der Waals surface area contributed by atoms with E-state index in [0.29, 0.717) is 11.6 Å². The van der Waals surface area contributed by atoms with E-state index in [-0.39, 0.29) is 5.82 Å². The van der Waals surface area contributed by atoms with Crippen LogP contribution in [0.15, 0.2) is 42.7 Å². The second-order valence-electron chi connectivity index (χ2n) is 4.26. The van der Waals surface area contributed by atoms with Crippen molar-refractivity contribution in [1.29, 1.82) is 0 Å². The van der Waals surface area contributed by atoms with Crippen LogP contribution in [0.4, 0.5) is 4.39 Å². The SMILES string of the molecule is CN(Cc1ccncc1)Cc1ccc(F)cc1Cl. The first-order valence-electron chi connectivity index (χ1n) is 5.66. The van der Waals surface area contributed by atoms with Gasteiger partial charge in [0.1, 0.15) is 5.82 Å². The van der Waals surface area contributed by atoms with E-state index >= 15 is 0 Å². The predicted molar refractivity (Wildman–Crippen MR) is 70.8 cm³/mol. The first kappa shape index (κ1) is 13.0. The molecule has 0 aliphatic heterocycles. The molecule has 18 heavy (non-hydrogen) atoms. The summed E-state index contributed by atoms with van der Waals surface area (Å²) in [4.78, 5) is 6.10. The lowest BCUT2D eigenvalue weighted by Crippen LogP contribution is -2.17. The lowest BCUT2D eigenvalue weighted by molar-refractivity contribution is 0.319. The molecular weight excluding hydrogens is 251 g/mol. The smallest absolute Gasteiger partial charge is 0.124 e. The molecule has 0 unspecified atom stereocenters. The molecule has 1 aromatic carbocycles. The quantitative estimate of drug-likeness (QED) is 0.840. The third kappa shape index (κ3) is 3.52. The molecule has 0 aliphatic rings. The van der Waals surface area contributed by atoms with Crippen LogP contribution < -0.4 is 0 Å². The molecule has 0 saturated heterocycles. The molecule has 0 atom stereocenters. The van der Waals surface area contributed by atoms with E-state index in [9.17, 15) is 4.39 Å². The van der Waals surface area contributed by atoms with Gasteiger partial charge in [-0.15, -0.1) is 0 Å². The first-order chi connectivity index (χ1) is 8.65. The Kier molecular flexibility index (Phi) is 4.28. The zero-order valence-electron chi connectivity index (χ0n) is 10.1. The van der Waals surface area contributed by atoms with E-state index in [1.807, 2.05) is 19.2 Å². The van der Waals surface area contributed by atoms with Crippen LogP contribution in [0.3, 0.4) is 0 Å². The van der Waals surface area contributed by atoms with E-state index < -0.39 is 0 Å². The zero-order chi connectivity index (χ0) is 13.0. The van der Waals surface area contributed by atoms with Crippen molar-refractivity contribution >= 4 is 11.6 Å². The number of benzene rings is 1. The summed E-state index contributed by atoms with van der Waals surface area (Å²) in [5.74, 6) is -0.305. The van der Waals surface area contributed by atoms with Crippen LogP contribution in [0.5, 0.6) is 0 Å². The summed E-state index contributed by atoms with van der Waals surface area (Å²) in [6.07, 6.45) is 3.54. The Labute approximate surface area is 111 Å². The Hall–Kier alpha value is -1.45. The van der Waals surface area contributed by atoms with Crippen LogP contribution >= 0.6 is 11.6 Å². The maximum atomic E-state index is 12.9. The number of aromatic nitrogens is 1. The number of nitrogens with zero attached hydrogens (tertiary/aromatic N) is 2. The summed E-state index contributed by atoms with van der Waals surface area (Å²) in [5, 5.41) is 0.469. The lowest BCUT2D eigenvalue weighted by Gasteiger charge is -2.17. The Morgan fingerprint density at radius 2 is 1.89 bits per heavy atom. The molecule has 0 amide bonds. The van der Waals surface area contributed by atoms with Crippen LogP contribution in [0.25, 0.3) is 0 Å². The zero-order valence-corrected chi connectivity index (χ0v) is 10.9. The highest BCUT2D eigenvalue weighted by Gasteiger charge is 2.06. The van der Waals surface area contributed by atoms with Crippen LogP contribution in [0.1, 0.15) is 11.1 Å². The number of rotatable bonds is 4. The van der Waals surface area contributed by atoms with E-state index in [2.05, 4.69) is 9.88 Å². The van der Waals surface area contributed by atoms with Gasteiger partial charge in [-0.05, 0) is 42.4 Å². The largest absolute Gasteiger partial charge is 0.298 e. The van der Waals surface area contributed by atoms with Gasteiger partial charge in [-0.1, -0.05) is 17.7 Å². The average molecular weight is 265 g/mol. The molecule has 94 valence electrons. The van der Waals surface area contributed by atoms with Crippen LogP contribution in [0, 0.1) is 5.82 Å². The minimum atomic E-state index is -0.305. The van der Waals surface area contributed by atoms with Crippen molar-refractivity contribution in [2.75, 3.05) is 7.05 Å². The molecule has 0 radical (unpaired) electrons. The van der Waals surface area contributed by atoms with E-state index in [4.69, 9.17) is 11.6 Å². The van der Waals surface area contributed by atoms with E-state index in [0.717, 1.165) is 12.1 Å². The highest BCUT2D eigenvalue weighted by molar-refractivity contribution is 6.31. The number of halogens is 2. The topological polar surface area (TPSA) is 16.1 Å². The van der Waals surface area contributed by atoms with Crippen LogP contribution in [0.2, 0.25) is 5.02 Å². The molecule has 0 saturated carbocycles. The van der Waals surface area contributed by atoms with Crippen molar-refractivity contribution in [3.8, 4) is 0 Å². The highest BCUT2D eigenvalue weighted by Crippen LogP contribution is 2.19. The van der Waals surface area contributed by atoms with E-state index in [1.54, 1.807) is 18.5 Å². The van der Waals surface area contributed by atoms with Gasteiger partial charge >= 0.3 is 0 Å². The number of hydrogen-bond acceptors (Lipinski definition) is 2. The molecule has 2 nitrogen and oxygen atoms in total. The second-order valence-corrected chi connectivity index (χ2v) is 4.67. The summed E-state index contributed by atoms with van der Waals surface area (Å²) in [5.41, 5.74) is 2.11. The summed E-state index contributed by atoms with van der Waals surface area (Å²) in [7, 11) is 2.00. The third-order valence-corrected chi connectivity index (χ3v) is 3.01. The van der Waals surface area contributed by atoms with Gasteiger partial charge in [-0.3, -0.25) is 9.88 Å². The second kappa shape index (κ2) is 5.94. The molecule has 2 rings (SSSR count). The predicted octanol–water partition coefficient (Wildman–Crippen LogP) is 3.51. The van der Waals surface area contributed by atoms with Crippen molar-refractivity contribution in [2.24, 2.45) is 0 Å². The molecule has 4 heteroatoms. The van der Waals surface area contributed by atoms with Gasteiger partial charge in [0.05, 0.1) is 0 Å². The monoisotopic (exact) mass is 264 g/mol. The molecule has 0 aliphatic carbocycles. The van der Waals surface area contributed by atoms with Crippen molar-refractivity contribution in [3.05, 3.63) is 64.7 Å². The van der Waals surface area contributed by atoms with Crippen molar-refractivity contribution in [3.63, 3.8) is 0 Å². The standard InChI is InChI=1S/C14H14ClFN2/c1-18(9-11-4-6-17-7-5-11)10-12-2-3-13(16)8-14(12)15/h2-8H,9-10H2,1H3. The Balaban J connectivity index is 2.01. The van der Waals surface area contributed by atoms with Gasteiger partial charge in [0.2, 0.25) is 0 Å². The molecular formula is C14H14ClFN2. The molecule has 0 N–H and O–H groups in total. The van der Waals surface area contributed by atoms with Gasteiger partial charge in [-0.2, -0.15) is 0 Å². The minimum absolute atomic E-state index is 0.305. The normalized spacial score (nSPS) is 10.9. The van der Waals surface area contributed by atoms with Gasteiger partial charge in [0, 0.05) is 30.5 Å². The summed E-state index contributed by atoms with van der Waals surface area (Å²) >= 11 is 6.00. The van der Waals surface area contributed by atoms with Gasteiger partial charge in [0.15, 0.2) is 0 Å². The molecule has 0 fully saturated rings. The highest BCUT2D eigenvalue weighted by atomic mass is 35.5. The maximum absolute atomic E-state index is 12.9. The van der Waals surface area contributed by atoms with Crippen molar-refractivity contribution < 1.29 is 4.39 Å². The molecule has 1 heterocycles. The molecule has 0 spiro atoms. The molecule has 2 aromatic rings. The summed E-state index contributed by atoms with van der Waals surface area (Å²) in [6, 6.07) is 8.45. The van der Waals surface area contributed by atoms with Crippen LogP contribution in [-0.2, 0) is 13.1 Å². The van der Waals surface area contributed by atoms with Gasteiger partial charge in [0.25, 0.3) is 0 Å². The average Bonchev–Trinajstić information content (AvgIpc) is 2.34. The summed E-state index contributed by atoms with van der Waals surface area (Å²) < 4.78 is 12.9. The Morgan fingerprint density at radius 1 is 1.17 bits per heavy atom. The number of pyridine rings is 1. The lowest BCUT2D eigenvalue weighted by atomic mass is 10.2. The first-order valence-corrected chi connectivity index (χ1v) is 6.04. The minimum Gasteiger partial charge on any atom is -0.298 e.